The second-order valence-corrected chi connectivity index (χ2v) is 5.14. The fraction of sp³-hybridized carbons (Fsp3) is 0.929. The molecule has 1 heterocycles. The van der Waals surface area contributed by atoms with Crippen molar-refractivity contribution in [2.45, 2.75) is 38.6 Å². The van der Waals surface area contributed by atoms with Crippen molar-refractivity contribution in [2.75, 3.05) is 45.8 Å². The maximum atomic E-state index is 11.5. The van der Waals surface area contributed by atoms with Gasteiger partial charge in [-0.05, 0) is 58.9 Å². The molecular formula is C14H29N4OTi-. The van der Waals surface area contributed by atoms with Crippen molar-refractivity contribution in [2.24, 2.45) is 0 Å². The van der Waals surface area contributed by atoms with E-state index in [0.29, 0.717) is 0 Å². The van der Waals surface area contributed by atoms with Crippen LogP contribution < -0.4 is 16.0 Å². The molecule has 0 aromatic carbocycles. The zero-order valence-electron chi connectivity index (χ0n) is 12.7. The van der Waals surface area contributed by atoms with Gasteiger partial charge >= 0.3 is 0 Å². The van der Waals surface area contributed by atoms with Crippen LogP contribution in [0.1, 0.15) is 32.6 Å². The SMILES string of the molecule is CC(=O)C1CC[N-]CCCNCCCNCCCN1.[Ti]. The van der Waals surface area contributed by atoms with Crippen molar-refractivity contribution in [1.82, 2.24) is 16.0 Å². The first-order valence-electron chi connectivity index (χ1n) is 7.59. The zero-order valence-corrected chi connectivity index (χ0v) is 14.3. The Labute approximate surface area is 138 Å². The molecule has 0 bridgehead atoms. The number of hydrogen-bond donors (Lipinski definition) is 3. The summed E-state index contributed by atoms with van der Waals surface area (Å²) in [6.07, 6.45) is 4.15. The zero-order chi connectivity index (χ0) is 13.8. The molecule has 5 nitrogen and oxygen atoms in total. The van der Waals surface area contributed by atoms with E-state index in [1.165, 1.54) is 6.42 Å². The smallest absolute Gasteiger partial charge is 0.146 e. The van der Waals surface area contributed by atoms with E-state index in [1.807, 2.05) is 0 Å². The van der Waals surface area contributed by atoms with Crippen molar-refractivity contribution >= 4 is 5.78 Å². The summed E-state index contributed by atoms with van der Waals surface area (Å²) in [6, 6.07) is -0.0187. The molecule has 1 rings (SSSR count). The molecular weight excluding hydrogens is 288 g/mol. The predicted octanol–water partition coefficient (Wildman–Crippen LogP) is 0.658. The van der Waals surface area contributed by atoms with Gasteiger partial charge in [-0.25, -0.2) is 0 Å². The molecule has 1 unspecified atom stereocenters. The number of rotatable bonds is 1. The quantitative estimate of drug-likeness (QED) is 0.622. The Balaban J connectivity index is 0.00000361. The first-order valence-corrected chi connectivity index (χ1v) is 7.59. The monoisotopic (exact) mass is 317 g/mol. The van der Waals surface area contributed by atoms with Crippen LogP contribution >= 0.6 is 0 Å². The van der Waals surface area contributed by atoms with Crippen molar-refractivity contribution in [3.63, 3.8) is 0 Å². The van der Waals surface area contributed by atoms with Crippen LogP contribution in [0.2, 0.25) is 0 Å². The second-order valence-electron chi connectivity index (χ2n) is 5.14. The third-order valence-electron chi connectivity index (χ3n) is 3.36. The van der Waals surface area contributed by atoms with E-state index in [0.717, 1.165) is 65.1 Å². The predicted molar refractivity (Wildman–Crippen MR) is 79.8 cm³/mol. The van der Waals surface area contributed by atoms with Gasteiger partial charge in [0.15, 0.2) is 0 Å². The summed E-state index contributed by atoms with van der Waals surface area (Å²) in [5, 5.41) is 14.7. The van der Waals surface area contributed by atoms with Crippen molar-refractivity contribution < 1.29 is 26.5 Å². The molecule has 0 aromatic heterocycles. The fourth-order valence-electron chi connectivity index (χ4n) is 2.18. The molecule has 1 aliphatic rings. The fourth-order valence-corrected chi connectivity index (χ4v) is 2.18. The molecule has 0 saturated carbocycles. The van der Waals surface area contributed by atoms with Gasteiger partial charge in [-0.3, -0.25) is 4.79 Å². The Hall–Kier alpha value is 0.224. The standard InChI is InChI=1S/C14H29N4O.Ti/c1-13(19)14-5-12-17-9-3-8-15-6-2-7-16-10-4-11-18-14;/h14-16,18H,2-12H2,1H3;/q-1;. The molecule has 1 saturated heterocycles. The Morgan fingerprint density at radius 2 is 1.55 bits per heavy atom. The summed E-state index contributed by atoms with van der Waals surface area (Å²) in [6.45, 7) is 8.45. The number of Topliss-reactive ketones (excluding diaryl/α,β-unsaturated/α-hetero) is 1. The third-order valence-corrected chi connectivity index (χ3v) is 3.36. The van der Waals surface area contributed by atoms with E-state index in [-0.39, 0.29) is 33.5 Å². The van der Waals surface area contributed by atoms with Crippen LogP contribution in [-0.2, 0) is 26.5 Å². The first-order chi connectivity index (χ1) is 9.30. The number of nitrogens with one attached hydrogen (secondary N) is 3. The number of carbonyl (C=O) groups excluding carboxylic acids is 1. The molecule has 3 N–H and O–H groups in total. The van der Waals surface area contributed by atoms with Crippen LogP contribution in [0, 0.1) is 0 Å². The summed E-state index contributed by atoms with van der Waals surface area (Å²) in [5.74, 6) is 0.228. The molecule has 0 aliphatic carbocycles. The summed E-state index contributed by atoms with van der Waals surface area (Å²) in [5.41, 5.74) is 0. The number of carbonyl (C=O) groups is 1. The summed E-state index contributed by atoms with van der Waals surface area (Å²) in [4.78, 5) is 11.5. The van der Waals surface area contributed by atoms with E-state index in [2.05, 4.69) is 21.3 Å². The summed E-state index contributed by atoms with van der Waals surface area (Å²) >= 11 is 0. The van der Waals surface area contributed by atoms with E-state index in [9.17, 15) is 4.79 Å². The first kappa shape index (κ1) is 20.2. The van der Waals surface area contributed by atoms with Gasteiger partial charge in [0.25, 0.3) is 0 Å². The normalized spacial score (nSPS) is 24.6. The minimum absolute atomic E-state index is 0. The average molecular weight is 317 g/mol. The van der Waals surface area contributed by atoms with E-state index < -0.39 is 0 Å². The van der Waals surface area contributed by atoms with Crippen molar-refractivity contribution in [3.05, 3.63) is 5.32 Å². The van der Waals surface area contributed by atoms with Gasteiger partial charge in [0.05, 0.1) is 6.04 Å². The maximum absolute atomic E-state index is 11.5. The van der Waals surface area contributed by atoms with Gasteiger partial charge in [-0.15, -0.1) is 13.1 Å². The molecule has 0 aromatic rings. The molecule has 1 aliphatic heterocycles. The Bertz CT molecular complexity index is 225. The number of nitrogens with zero attached hydrogens (tertiary/aromatic N) is 1. The van der Waals surface area contributed by atoms with Crippen LogP contribution in [-0.4, -0.2) is 57.6 Å². The van der Waals surface area contributed by atoms with E-state index in [4.69, 9.17) is 0 Å². The van der Waals surface area contributed by atoms with Crippen LogP contribution in [0.3, 0.4) is 0 Å². The summed E-state index contributed by atoms with van der Waals surface area (Å²) < 4.78 is 0. The third kappa shape index (κ3) is 10.9. The average Bonchev–Trinajstić information content (AvgIpc) is 2.38. The van der Waals surface area contributed by atoms with Crippen LogP contribution in [0.25, 0.3) is 5.32 Å². The molecule has 0 spiro atoms. The Morgan fingerprint density at radius 1 is 0.950 bits per heavy atom. The number of ketones is 1. The van der Waals surface area contributed by atoms with Gasteiger partial charge in [0.2, 0.25) is 0 Å². The largest absolute Gasteiger partial charge is 0.662 e. The second kappa shape index (κ2) is 14.2. The van der Waals surface area contributed by atoms with E-state index >= 15 is 0 Å². The summed E-state index contributed by atoms with van der Waals surface area (Å²) in [7, 11) is 0. The number of hydrogen-bond acceptors (Lipinski definition) is 4. The van der Waals surface area contributed by atoms with Gasteiger partial charge in [-0.1, -0.05) is 6.42 Å². The molecule has 116 valence electrons. The minimum Gasteiger partial charge on any atom is -0.662 e. The van der Waals surface area contributed by atoms with E-state index in [1.54, 1.807) is 6.92 Å². The van der Waals surface area contributed by atoms with Crippen molar-refractivity contribution in [3.8, 4) is 0 Å². The van der Waals surface area contributed by atoms with Gasteiger partial charge < -0.3 is 21.3 Å². The molecule has 20 heavy (non-hydrogen) atoms. The Kier molecular flexibility index (Phi) is 14.3. The molecule has 0 amide bonds. The maximum Gasteiger partial charge on any atom is 0.146 e. The Morgan fingerprint density at radius 3 is 2.20 bits per heavy atom. The van der Waals surface area contributed by atoms with Crippen LogP contribution in [0.15, 0.2) is 0 Å². The molecule has 1 atom stereocenters. The molecule has 1 fully saturated rings. The van der Waals surface area contributed by atoms with Crippen LogP contribution in [0.4, 0.5) is 0 Å². The van der Waals surface area contributed by atoms with Gasteiger partial charge in [-0.2, -0.15) is 0 Å². The topological polar surface area (TPSA) is 67.3 Å². The molecule has 0 radical (unpaired) electrons. The minimum atomic E-state index is -0.0187. The van der Waals surface area contributed by atoms with Crippen LogP contribution in [0.5, 0.6) is 0 Å². The van der Waals surface area contributed by atoms with Gasteiger partial charge in [0, 0.05) is 21.7 Å². The molecule has 6 heteroatoms. The van der Waals surface area contributed by atoms with Gasteiger partial charge in [0.1, 0.15) is 5.78 Å². The van der Waals surface area contributed by atoms with Crippen molar-refractivity contribution in [1.29, 1.82) is 0 Å².